The number of halogens is 1. The summed E-state index contributed by atoms with van der Waals surface area (Å²) in [6, 6.07) is 5.66. The highest BCUT2D eigenvalue weighted by molar-refractivity contribution is 8.00. The third-order valence-electron chi connectivity index (χ3n) is 4.62. The van der Waals surface area contributed by atoms with Crippen molar-refractivity contribution < 1.29 is 9.53 Å². The number of carbonyl (C=O) groups excluding carboxylic acids is 1. The Morgan fingerprint density at radius 2 is 2.12 bits per heavy atom. The predicted octanol–water partition coefficient (Wildman–Crippen LogP) is 4.27. The standard InChI is InChI=1S/C18H21ClN4O2S/c1-10(17(24)20-14-9-12(19)5-8-15(14)25-2)26-18-22-21-16(11-3-4-11)23(18)13-6-7-13/h5,8-11,13H,3-4,6-7H2,1-2H3,(H,20,24)/t10-/m1/s1. The van der Waals surface area contributed by atoms with Gasteiger partial charge in [-0.1, -0.05) is 23.4 Å². The molecule has 1 aromatic heterocycles. The molecule has 1 aromatic carbocycles. The van der Waals surface area contributed by atoms with Crippen LogP contribution in [0.3, 0.4) is 0 Å². The van der Waals surface area contributed by atoms with Gasteiger partial charge in [0.05, 0.1) is 18.0 Å². The minimum absolute atomic E-state index is 0.117. The molecule has 0 aliphatic heterocycles. The zero-order valence-corrected chi connectivity index (χ0v) is 16.3. The van der Waals surface area contributed by atoms with Gasteiger partial charge in [0.25, 0.3) is 0 Å². The molecule has 0 saturated heterocycles. The van der Waals surface area contributed by atoms with Gasteiger partial charge < -0.3 is 14.6 Å². The van der Waals surface area contributed by atoms with Gasteiger partial charge in [-0.25, -0.2) is 0 Å². The highest BCUT2D eigenvalue weighted by Crippen LogP contribution is 2.46. The van der Waals surface area contributed by atoms with Crippen LogP contribution in [0.25, 0.3) is 0 Å². The molecule has 2 aliphatic carbocycles. The number of thioether (sulfide) groups is 1. The van der Waals surface area contributed by atoms with E-state index in [0.29, 0.717) is 28.4 Å². The first-order valence-electron chi connectivity index (χ1n) is 8.82. The maximum atomic E-state index is 12.7. The number of nitrogens with zero attached hydrogens (tertiary/aromatic N) is 3. The molecule has 2 aliphatic rings. The van der Waals surface area contributed by atoms with E-state index in [-0.39, 0.29) is 11.2 Å². The van der Waals surface area contributed by atoms with Crippen molar-refractivity contribution in [2.24, 2.45) is 0 Å². The number of carbonyl (C=O) groups is 1. The van der Waals surface area contributed by atoms with E-state index in [1.54, 1.807) is 25.3 Å². The van der Waals surface area contributed by atoms with Crippen LogP contribution in [-0.2, 0) is 4.79 Å². The smallest absolute Gasteiger partial charge is 0.237 e. The second kappa shape index (κ2) is 7.12. The predicted molar refractivity (Wildman–Crippen MR) is 102 cm³/mol. The molecule has 138 valence electrons. The number of anilines is 1. The lowest BCUT2D eigenvalue weighted by Crippen LogP contribution is -2.23. The Hall–Kier alpha value is -1.73. The van der Waals surface area contributed by atoms with Gasteiger partial charge in [-0.2, -0.15) is 0 Å². The van der Waals surface area contributed by atoms with E-state index in [4.69, 9.17) is 16.3 Å². The molecule has 0 radical (unpaired) electrons. The van der Waals surface area contributed by atoms with E-state index < -0.39 is 0 Å². The molecule has 2 fully saturated rings. The monoisotopic (exact) mass is 392 g/mol. The number of hydrogen-bond acceptors (Lipinski definition) is 5. The molecule has 4 rings (SSSR count). The summed E-state index contributed by atoms with van der Waals surface area (Å²) in [6.07, 6.45) is 4.73. The highest BCUT2D eigenvalue weighted by Gasteiger charge is 2.37. The molecule has 1 heterocycles. The third-order valence-corrected chi connectivity index (χ3v) is 5.91. The lowest BCUT2D eigenvalue weighted by Gasteiger charge is -2.15. The van der Waals surface area contributed by atoms with Gasteiger partial charge in [0.15, 0.2) is 5.16 Å². The summed E-state index contributed by atoms with van der Waals surface area (Å²) in [6.45, 7) is 1.87. The van der Waals surface area contributed by atoms with Crippen molar-refractivity contribution >= 4 is 35.0 Å². The summed E-state index contributed by atoms with van der Waals surface area (Å²) >= 11 is 7.49. The lowest BCUT2D eigenvalue weighted by atomic mass is 10.3. The van der Waals surface area contributed by atoms with Gasteiger partial charge in [-0.05, 0) is 50.8 Å². The minimum atomic E-state index is -0.313. The van der Waals surface area contributed by atoms with Crippen molar-refractivity contribution in [3.05, 3.63) is 29.0 Å². The molecule has 2 saturated carbocycles. The zero-order valence-electron chi connectivity index (χ0n) is 14.7. The number of aromatic nitrogens is 3. The van der Waals surface area contributed by atoms with Crippen LogP contribution in [0.4, 0.5) is 5.69 Å². The summed E-state index contributed by atoms with van der Waals surface area (Å²) in [5, 5.41) is 12.7. The molecule has 6 nitrogen and oxygen atoms in total. The molecular formula is C18H21ClN4O2S. The topological polar surface area (TPSA) is 69.0 Å². The van der Waals surface area contributed by atoms with Crippen LogP contribution < -0.4 is 10.1 Å². The van der Waals surface area contributed by atoms with E-state index in [1.807, 2.05) is 6.92 Å². The molecule has 26 heavy (non-hydrogen) atoms. The van der Waals surface area contributed by atoms with Crippen LogP contribution in [0.5, 0.6) is 5.75 Å². The van der Waals surface area contributed by atoms with Crippen LogP contribution >= 0.6 is 23.4 Å². The van der Waals surface area contributed by atoms with Gasteiger partial charge in [-0.3, -0.25) is 4.79 Å². The Morgan fingerprint density at radius 3 is 2.77 bits per heavy atom. The quantitative estimate of drug-likeness (QED) is 0.712. The average Bonchev–Trinajstić information content (AvgIpc) is 3.54. The summed E-state index contributed by atoms with van der Waals surface area (Å²) in [4.78, 5) is 12.7. The number of benzene rings is 1. The molecule has 1 atom stereocenters. The number of nitrogens with one attached hydrogen (secondary N) is 1. The van der Waals surface area contributed by atoms with Gasteiger partial charge in [0.1, 0.15) is 11.6 Å². The number of rotatable bonds is 7. The average molecular weight is 393 g/mol. The first-order chi connectivity index (χ1) is 12.6. The maximum Gasteiger partial charge on any atom is 0.237 e. The van der Waals surface area contributed by atoms with Gasteiger partial charge >= 0.3 is 0 Å². The molecule has 0 bridgehead atoms. The van der Waals surface area contributed by atoms with E-state index >= 15 is 0 Å². The van der Waals surface area contributed by atoms with Crippen LogP contribution in [0, 0.1) is 0 Å². The van der Waals surface area contributed by atoms with Crippen LogP contribution in [-0.4, -0.2) is 33.0 Å². The summed E-state index contributed by atoms with van der Waals surface area (Å²) < 4.78 is 7.54. The van der Waals surface area contributed by atoms with Crippen molar-refractivity contribution in [2.75, 3.05) is 12.4 Å². The van der Waals surface area contributed by atoms with E-state index in [2.05, 4.69) is 20.1 Å². The maximum absolute atomic E-state index is 12.7. The molecular weight excluding hydrogens is 372 g/mol. The second-order valence-electron chi connectivity index (χ2n) is 6.81. The second-order valence-corrected chi connectivity index (χ2v) is 8.55. The van der Waals surface area contributed by atoms with Gasteiger partial charge in [0, 0.05) is 17.0 Å². The summed E-state index contributed by atoms with van der Waals surface area (Å²) in [7, 11) is 1.56. The minimum Gasteiger partial charge on any atom is -0.495 e. The Labute approximate surface area is 161 Å². The first kappa shape index (κ1) is 17.7. The highest BCUT2D eigenvalue weighted by atomic mass is 35.5. The molecule has 1 amide bonds. The van der Waals surface area contributed by atoms with Crippen LogP contribution in [0.2, 0.25) is 5.02 Å². The molecule has 0 spiro atoms. The third kappa shape index (κ3) is 3.69. The SMILES string of the molecule is COc1ccc(Cl)cc1NC(=O)[C@@H](C)Sc1nnc(C2CC2)n1C1CC1. The number of ether oxygens (including phenoxy) is 1. The Kier molecular flexibility index (Phi) is 4.84. The Morgan fingerprint density at radius 1 is 1.35 bits per heavy atom. The molecule has 1 N–H and O–H groups in total. The first-order valence-corrected chi connectivity index (χ1v) is 10.1. The number of methoxy groups -OCH3 is 1. The normalized spacial score (nSPS) is 17.8. The van der Waals surface area contributed by atoms with Crippen molar-refractivity contribution in [1.82, 2.24) is 14.8 Å². The van der Waals surface area contributed by atoms with Crippen LogP contribution in [0.15, 0.2) is 23.4 Å². The number of hydrogen-bond donors (Lipinski definition) is 1. The number of amides is 1. The Balaban J connectivity index is 1.48. The fraction of sp³-hybridized carbons (Fsp3) is 0.500. The molecule has 0 unspecified atom stereocenters. The van der Waals surface area contributed by atoms with Crippen molar-refractivity contribution in [3.63, 3.8) is 0 Å². The van der Waals surface area contributed by atoms with Gasteiger partial charge in [0.2, 0.25) is 5.91 Å². The van der Waals surface area contributed by atoms with E-state index in [0.717, 1.165) is 11.0 Å². The lowest BCUT2D eigenvalue weighted by molar-refractivity contribution is -0.115. The van der Waals surface area contributed by atoms with Gasteiger partial charge in [-0.15, -0.1) is 10.2 Å². The van der Waals surface area contributed by atoms with Crippen molar-refractivity contribution in [3.8, 4) is 5.75 Å². The largest absolute Gasteiger partial charge is 0.495 e. The van der Waals surface area contributed by atoms with Crippen molar-refractivity contribution in [1.29, 1.82) is 0 Å². The molecule has 2 aromatic rings. The van der Waals surface area contributed by atoms with E-state index in [9.17, 15) is 4.79 Å². The Bertz CT molecular complexity index is 833. The fourth-order valence-electron chi connectivity index (χ4n) is 2.89. The zero-order chi connectivity index (χ0) is 18.3. The summed E-state index contributed by atoms with van der Waals surface area (Å²) in [5.74, 6) is 2.11. The molecule has 8 heteroatoms. The van der Waals surface area contributed by atoms with E-state index in [1.165, 1.54) is 37.4 Å². The fourth-order valence-corrected chi connectivity index (χ4v) is 3.99. The summed E-state index contributed by atoms with van der Waals surface area (Å²) in [5.41, 5.74) is 0.569. The van der Waals surface area contributed by atoms with Crippen molar-refractivity contribution in [2.45, 2.75) is 55.0 Å². The van der Waals surface area contributed by atoms with Crippen LogP contribution in [0.1, 0.15) is 50.4 Å².